The number of nitrogens with two attached hydrogens (primary N) is 1. The number of benzene rings is 2. The molecule has 0 aliphatic heterocycles. The number of hydrogen-bond acceptors (Lipinski definition) is 6. The van der Waals surface area contributed by atoms with E-state index in [1.54, 1.807) is 7.11 Å². The number of rotatable bonds is 7. The minimum absolute atomic E-state index is 0.106. The average molecular weight is 426 g/mol. The number of amides is 1. The number of nitrogens with one attached hydrogen (secondary N) is 1. The Labute approximate surface area is 181 Å². The molecule has 158 valence electrons. The number of hydrogen-bond donors (Lipinski definition) is 2. The maximum Gasteiger partial charge on any atom is 0.237 e. The quantitative estimate of drug-likeness (QED) is 0.435. The van der Waals surface area contributed by atoms with Crippen molar-refractivity contribution in [3.63, 3.8) is 0 Å². The third kappa shape index (κ3) is 4.59. The number of ether oxygens (including phenoxy) is 1. The Bertz CT molecular complexity index is 1030. The van der Waals surface area contributed by atoms with Crippen molar-refractivity contribution in [2.75, 3.05) is 18.3 Å². The van der Waals surface area contributed by atoms with E-state index in [0.717, 1.165) is 28.1 Å². The third-order valence-corrected chi connectivity index (χ3v) is 5.90. The highest BCUT2D eigenvalue weighted by molar-refractivity contribution is 8.00. The number of aromatic nitrogens is 3. The molecule has 8 heteroatoms. The van der Waals surface area contributed by atoms with Crippen molar-refractivity contribution < 1.29 is 9.53 Å². The molecule has 0 aliphatic rings. The first kappa shape index (κ1) is 21.7. The summed E-state index contributed by atoms with van der Waals surface area (Å²) in [4.78, 5) is 12.9. The van der Waals surface area contributed by atoms with Crippen LogP contribution >= 0.6 is 11.8 Å². The Morgan fingerprint density at radius 3 is 2.47 bits per heavy atom. The summed E-state index contributed by atoms with van der Waals surface area (Å²) in [7, 11) is 1.61. The molecule has 1 amide bonds. The predicted octanol–water partition coefficient (Wildman–Crippen LogP) is 4.22. The third-order valence-electron chi connectivity index (χ3n) is 4.84. The topological polar surface area (TPSA) is 95.1 Å². The molecule has 3 aromatic rings. The molecule has 7 nitrogen and oxygen atoms in total. The van der Waals surface area contributed by atoms with Crippen LogP contribution in [0, 0.1) is 6.92 Å². The lowest BCUT2D eigenvalue weighted by Crippen LogP contribution is -2.25. The summed E-state index contributed by atoms with van der Waals surface area (Å²) in [5.74, 6) is 7.67. The molecule has 1 aromatic heterocycles. The van der Waals surface area contributed by atoms with Crippen molar-refractivity contribution in [3.8, 4) is 17.1 Å². The molecule has 0 spiro atoms. The number of para-hydroxylation sites is 1. The van der Waals surface area contributed by atoms with Crippen molar-refractivity contribution in [1.29, 1.82) is 0 Å². The van der Waals surface area contributed by atoms with Crippen LogP contribution in [0.25, 0.3) is 11.4 Å². The van der Waals surface area contributed by atoms with E-state index in [1.807, 2.05) is 56.3 Å². The Balaban J connectivity index is 1.74. The fourth-order valence-electron chi connectivity index (χ4n) is 3.07. The molecule has 3 N–H and O–H groups in total. The average Bonchev–Trinajstić information content (AvgIpc) is 3.09. The molecule has 0 radical (unpaired) electrons. The van der Waals surface area contributed by atoms with Gasteiger partial charge >= 0.3 is 0 Å². The Morgan fingerprint density at radius 1 is 1.13 bits per heavy atom. The zero-order valence-electron chi connectivity index (χ0n) is 17.8. The molecule has 0 saturated heterocycles. The molecular weight excluding hydrogens is 398 g/mol. The largest absolute Gasteiger partial charge is 0.497 e. The second-order valence-electron chi connectivity index (χ2n) is 7.35. The van der Waals surface area contributed by atoms with Crippen LogP contribution in [0.2, 0.25) is 0 Å². The number of carbonyl (C=O) groups is 1. The van der Waals surface area contributed by atoms with Gasteiger partial charge in [0.2, 0.25) is 11.1 Å². The van der Waals surface area contributed by atoms with Crippen molar-refractivity contribution in [2.45, 2.75) is 44.0 Å². The SMILES string of the molecule is COc1ccc(-c2nnc(SC(C)C(=O)Nc3c(C)cccc3C(C)C)n2N)cc1. The Kier molecular flexibility index (Phi) is 6.66. The number of thioether (sulfide) groups is 1. The van der Waals surface area contributed by atoms with Gasteiger partial charge in [-0.2, -0.15) is 0 Å². The first-order valence-electron chi connectivity index (χ1n) is 9.73. The second kappa shape index (κ2) is 9.21. The van der Waals surface area contributed by atoms with Gasteiger partial charge in [0.05, 0.1) is 12.4 Å². The molecule has 3 rings (SSSR count). The first-order valence-corrected chi connectivity index (χ1v) is 10.6. The second-order valence-corrected chi connectivity index (χ2v) is 8.66. The van der Waals surface area contributed by atoms with Gasteiger partial charge < -0.3 is 15.9 Å². The highest BCUT2D eigenvalue weighted by Crippen LogP contribution is 2.30. The van der Waals surface area contributed by atoms with Crippen molar-refractivity contribution in [2.24, 2.45) is 0 Å². The smallest absolute Gasteiger partial charge is 0.237 e. The Morgan fingerprint density at radius 2 is 1.83 bits per heavy atom. The lowest BCUT2D eigenvalue weighted by molar-refractivity contribution is -0.115. The summed E-state index contributed by atoms with van der Waals surface area (Å²) < 4.78 is 6.58. The van der Waals surface area contributed by atoms with Gasteiger partial charge in [0.1, 0.15) is 5.75 Å². The summed E-state index contributed by atoms with van der Waals surface area (Å²) >= 11 is 1.27. The molecule has 2 aromatic carbocycles. The molecule has 0 bridgehead atoms. The van der Waals surface area contributed by atoms with Crippen molar-refractivity contribution >= 4 is 23.4 Å². The molecule has 0 aliphatic carbocycles. The number of nitrogens with zero attached hydrogens (tertiary/aromatic N) is 3. The van der Waals surface area contributed by atoms with E-state index in [2.05, 4.69) is 29.4 Å². The maximum absolute atomic E-state index is 12.9. The molecular formula is C22H27N5O2S. The molecule has 1 heterocycles. The summed E-state index contributed by atoms with van der Waals surface area (Å²) in [6, 6.07) is 13.4. The van der Waals surface area contributed by atoms with Gasteiger partial charge in [0.15, 0.2) is 5.82 Å². The van der Waals surface area contributed by atoms with Gasteiger partial charge in [-0.1, -0.05) is 43.8 Å². The highest BCUT2D eigenvalue weighted by Gasteiger charge is 2.21. The van der Waals surface area contributed by atoms with Gasteiger partial charge in [-0.15, -0.1) is 10.2 Å². The predicted molar refractivity (Wildman–Crippen MR) is 121 cm³/mol. The van der Waals surface area contributed by atoms with E-state index in [4.69, 9.17) is 10.6 Å². The van der Waals surface area contributed by atoms with Crippen LogP contribution in [-0.2, 0) is 4.79 Å². The standard InChI is InChI=1S/C22H27N5O2S/c1-13(2)18-8-6-7-14(3)19(18)24-21(28)15(4)30-22-26-25-20(27(22)23)16-9-11-17(29-5)12-10-16/h6-13,15H,23H2,1-5H3,(H,24,28). The van der Waals surface area contributed by atoms with Gasteiger partial charge in [-0.3, -0.25) is 4.79 Å². The van der Waals surface area contributed by atoms with Gasteiger partial charge in [-0.25, -0.2) is 4.68 Å². The first-order chi connectivity index (χ1) is 14.3. The van der Waals surface area contributed by atoms with Crippen LogP contribution in [-0.4, -0.2) is 33.1 Å². The maximum atomic E-state index is 12.9. The molecule has 1 unspecified atom stereocenters. The van der Waals surface area contributed by atoms with Crippen molar-refractivity contribution in [1.82, 2.24) is 14.9 Å². The van der Waals surface area contributed by atoms with Gasteiger partial charge in [-0.05, 0) is 55.2 Å². The zero-order valence-corrected chi connectivity index (χ0v) is 18.7. The van der Waals surface area contributed by atoms with E-state index in [1.165, 1.54) is 16.4 Å². The van der Waals surface area contributed by atoms with Gasteiger partial charge in [0.25, 0.3) is 0 Å². The molecule has 1 atom stereocenters. The molecule has 0 saturated carbocycles. The fourth-order valence-corrected chi connectivity index (χ4v) is 3.84. The van der Waals surface area contributed by atoms with E-state index < -0.39 is 5.25 Å². The number of carbonyl (C=O) groups excluding carboxylic acids is 1. The normalized spacial score (nSPS) is 12.1. The van der Waals surface area contributed by atoms with Crippen LogP contribution in [0.5, 0.6) is 5.75 Å². The van der Waals surface area contributed by atoms with Crippen LogP contribution in [0.15, 0.2) is 47.6 Å². The van der Waals surface area contributed by atoms with Crippen LogP contribution in [0.4, 0.5) is 5.69 Å². The summed E-state index contributed by atoms with van der Waals surface area (Å²) in [5.41, 5.74) is 3.84. The van der Waals surface area contributed by atoms with E-state index in [-0.39, 0.29) is 5.91 Å². The van der Waals surface area contributed by atoms with E-state index in [0.29, 0.717) is 16.9 Å². The van der Waals surface area contributed by atoms with Gasteiger partial charge in [0, 0.05) is 11.3 Å². The molecule has 0 fully saturated rings. The van der Waals surface area contributed by atoms with Crippen LogP contribution < -0.4 is 15.9 Å². The summed E-state index contributed by atoms with van der Waals surface area (Å²) in [6.07, 6.45) is 0. The lowest BCUT2D eigenvalue weighted by atomic mass is 9.98. The summed E-state index contributed by atoms with van der Waals surface area (Å²) in [5, 5.41) is 11.5. The number of methoxy groups -OCH3 is 1. The number of nitrogen functional groups attached to an aromatic ring is 1. The monoisotopic (exact) mass is 425 g/mol. The number of aryl methyl sites for hydroxylation is 1. The minimum atomic E-state index is -0.403. The van der Waals surface area contributed by atoms with E-state index >= 15 is 0 Å². The number of anilines is 1. The Hall–Kier alpha value is -3.00. The van der Waals surface area contributed by atoms with Crippen LogP contribution in [0.1, 0.15) is 37.8 Å². The highest BCUT2D eigenvalue weighted by atomic mass is 32.2. The molecule has 30 heavy (non-hydrogen) atoms. The van der Waals surface area contributed by atoms with E-state index in [9.17, 15) is 4.79 Å². The van der Waals surface area contributed by atoms with Crippen LogP contribution in [0.3, 0.4) is 0 Å². The van der Waals surface area contributed by atoms with Crippen molar-refractivity contribution in [3.05, 3.63) is 53.6 Å². The fraction of sp³-hybridized carbons (Fsp3) is 0.318. The zero-order chi connectivity index (χ0) is 21.8. The minimum Gasteiger partial charge on any atom is -0.497 e. The summed E-state index contributed by atoms with van der Waals surface area (Å²) in [6.45, 7) is 8.05. The lowest BCUT2D eigenvalue weighted by Gasteiger charge is -2.18.